The molecule has 1 N–H and O–H groups in total. The first-order valence-corrected chi connectivity index (χ1v) is 6.55. The molecule has 0 saturated carbocycles. The van der Waals surface area contributed by atoms with Gasteiger partial charge in [0, 0.05) is 11.5 Å². The fourth-order valence-electron chi connectivity index (χ4n) is 2.39. The molecular formula is C13H14Cl2O2. The number of aromatic hydroxyl groups is 1. The van der Waals surface area contributed by atoms with Crippen LogP contribution in [-0.2, 0) is 6.42 Å². The highest BCUT2D eigenvalue weighted by Gasteiger charge is 2.28. The van der Waals surface area contributed by atoms with Crippen LogP contribution in [0.5, 0.6) is 5.75 Å². The minimum Gasteiger partial charge on any atom is -0.506 e. The Kier molecular flexibility index (Phi) is 3.64. The number of carbonyl (C=O) groups excluding carboxylic acids is 1. The summed E-state index contributed by atoms with van der Waals surface area (Å²) in [7, 11) is 0. The summed E-state index contributed by atoms with van der Waals surface area (Å²) in [6.07, 6.45) is 3.39. The van der Waals surface area contributed by atoms with E-state index < -0.39 is 0 Å². The number of fused-ring (bicyclic) bond motifs is 1. The average molecular weight is 273 g/mol. The number of hydrogen-bond acceptors (Lipinski definition) is 2. The number of rotatable bonds is 1. The van der Waals surface area contributed by atoms with E-state index in [2.05, 4.69) is 0 Å². The molecular weight excluding hydrogens is 259 g/mol. The van der Waals surface area contributed by atoms with Crippen LogP contribution in [0, 0.1) is 5.92 Å². The molecule has 0 heterocycles. The maximum Gasteiger partial charge on any atom is 0.167 e. The molecule has 1 aliphatic carbocycles. The third-order valence-corrected chi connectivity index (χ3v) is 4.24. The molecule has 2 nitrogen and oxygen atoms in total. The number of carbonyl (C=O) groups is 1. The molecule has 0 radical (unpaired) electrons. The molecule has 0 amide bonds. The Balaban J connectivity index is 2.60. The van der Waals surface area contributed by atoms with Crippen LogP contribution in [0.25, 0.3) is 0 Å². The molecule has 17 heavy (non-hydrogen) atoms. The lowest BCUT2D eigenvalue weighted by Gasteiger charge is -2.13. The summed E-state index contributed by atoms with van der Waals surface area (Å²) in [5, 5.41) is 9.91. The van der Waals surface area contributed by atoms with Gasteiger partial charge in [0.25, 0.3) is 0 Å². The fourth-order valence-corrected chi connectivity index (χ4v) is 2.85. The van der Waals surface area contributed by atoms with Crippen molar-refractivity contribution >= 4 is 29.0 Å². The van der Waals surface area contributed by atoms with Gasteiger partial charge in [-0.15, -0.1) is 0 Å². The lowest BCUT2D eigenvalue weighted by atomic mass is 9.93. The minimum atomic E-state index is -0.0434. The Morgan fingerprint density at radius 3 is 2.76 bits per heavy atom. The van der Waals surface area contributed by atoms with Gasteiger partial charge in [-0.2, -0.15) is 0 Å². The van der Waals surface area contributed by atoms with E-state index in [1.807, 2.05) is 6.92 Å². The highest BCUT2D eigenvalue weighted by atomic mass is 35.5. The Labute approximate surface area is 111 Å². The van der Waals surface area contributed by atoms with Gasteiger partial charge in [-0.3, -0.25) is 4.79 Å². The Morgan fingerprint density at radius 2 is 2.12 bits per heavy atom. The highest BCUT2D eigenvalue weighted by molar-refractivity contribution is 6.45. The van der Waals surface area contributed by atoms with E-state index in [1.54, 1.807) is 6.07 Å². The molecule has 0 fully saturated rings. The van der Waals surface area contributed by atoms with Crippen molar-refractivity contribution in [1.82, 2.24) is 0 Å². The third kappa shape index (κ3) is 2.16. The molecule has 1 aliphatic rings. The van der Waals surface area contributed by atoms with Gasteiger partial charge in [0.15, 0.2) is 5.78 Å². The summed E-state index contributed by atoms with van der Waals surface area (Å²) in [5.41, 5.74) is 1.33. The number of aryl methyl sites for hydroxylation is 1. The quantitative estimate of drug-likeness (QED) is 0.777. The highest BCUT2D eigenvalue weighted by Crippen LogP contribution is 2.40. The number of ketones is 1. The first-order chi connectivity index (χ1) is 8.06. The van der Waals surface area contributed by atoms with Crippen molar-refractivity contribution in [2.24, 2.45) is 5.92 Å². The molecule has 1 aromatic rings. The first kappa shape index (κ1) is 12.7. The van der Waals surface area contributed by atoms with Crippen molar-refractivity contribution < 1.29 is 9.90 Å². The molecule has 92 valence electrons. The zero-order chi connectivity index (χ0) is 12.6. The second-order valence-electron chi connectivity index (χ2n) is 4.42. The van der Waals surface area contributed by atoms with Gasteiger partial charge in [-0.05, 0) is 37.3 Å². The zero-order valence-corrected chi connectivity index (χ0v) is 11.1. The molecule has 1 aromatic carbocycles. The summed E-state index contributed by atoms with van der Waals surface area (Å²) in [4.78, 5) is 12.3. The van der Waals surface area contributed by atoms with Gasteiger partial charge >= 0.3 is 0 Å². The predicted octanol–water partition coefficient (Wildman–Crippen LogP) is 4.24. The average Bonchev–Trinajstić information content (AvgIpc) is 2.45. The Morgan fingerprint density at radius 1 is 1.41 bits per heavy atom. The smallest absolute Gasteiger partial charge is 0.167 e. The molecule has 1 unspecified atom stereocenters. The van der Waals surface area contributed by atoms with Crippen LogP contribution in [0.3, 0.4) is 0 Å². The van der Waals surface area contributed by atoms with Crippen molar-refractivity contribution in [2.45, 2.75) is 32.6 Å². The van der Waals surface area contributed by atoms with Crippen LogP contribution < -0.4 is 0 Å². The summed E-state index contributed by atoms with van der Waals surface area (Å²) in [5.74, 6) is 0.0411. The number of Topliss-reactive ketones (excluding diaryl/α,β-unsaturated/α-hetero) is 1. The van der Waals surface area contributed by atoms with Crippen LogP contribution >= 0.6 is 23.2 Å². The van der Waals surface area contributed by atoms with Gasteiger partial charge in [-0.25, -0.2) is 0 Å². The van der Waals surface area contributed by atoms with Crippen molar-refractivity contribution in [3.05, 3.63) is 27.2 Å². The number of halogens is 2. The molecule has 0 spiro atoms. The van der Waals surface area contributed by atoms with Gasteiger partial charge in [0.1, 0.15) is 10.8 Å². The Bertz CT molecular complexity index is 469. The van der Waals surface area contributed by atoms with Gasteiger partial charge in [-0.1, -0.05) is 30.1 Å². The van der Waals surface area contributed by atoms with Crippen LogP contribution in [0.15, 0.2) is 6.07 Å². The normalized spacial score (nSPS) is 19.9. The van der Waals surface area contributed by atoms with E-state index in [1.165, 1.54) is 0 Å². The van der Waals surface area contributed by atoms with Crippen molar-refractivity contribution in [3.63, 3.8) is 0 Å². The molecule has 0 aliphatic heterocycles. The Hall–Kier alpha value is -0.730. The summed E-state index contributed by atoms with van der Waals surface area (Å²) in [6, 6.07) is 1.57. The molecule has 1 atom stereocenters. The maximum atomic E-state index is 12.3. The lowest BCUT2D eigenvalue weighted by molar-refractivity contribution is 0.0913. The first-order valence-electron chi connectivity index (χ1n) is 5.80. The van der Waals surface area contributed by atoms with E-state index in [4.69, 9.17) is 23.2 Å². The number of phenols is 1. The SMILES string of the molecule is CCC1CCCc2cc(O)c(Cl)c(Cl)c2C1=O. The largest absolute Gasteiger partial charge is 0.506 e. The predicted molar refractivity (Wildman–Crippen MR) is 69.2 cm³/mol. The summed E-state index contributed by atoms with van der Waals surface area (Å²) < 4.78 is 0. The van der Waals surface area contributed by atoms with Crippen LogP contribution in [0.2, 0.25) is 10.0 Å². The second kappa shape index (κ2) is 4.87. The van der Waals surface area contributed by atoms with Gasteiger partial charge in [0.2, 0.25) is 0 Å². The lowest BCUT2D eigenvalue weighted by Crippen LogP contribution is -2.13. The third-order valence-electron chi connectivity index (χ3n) is 3.38. The maximum absolute atomic E-state index is 12.3. The molecule has 0 bridgehead atoms. The molecule has 0 aromatic heterocycles. The van der Waals surface area contributed by atoms with Crippen LogP contribution in [-0.4, -0.2) is 10.9 Å². The second-order valence-corrected chi connectivity index (χ2v) is 5.18. The van der Waals surface area contributed by atoms with E-state index in [0.29, 0.717) is 5.56 Å². The summed E-state index contributed by atoms with van der Waals surface area (Å²) in [6.45, 7) is 2.00. The summed E-state index contributed by atoms with van der Waals surface area (Å²) >= 11 is 12.0. The molecule has 2 rings (SSSR count). The number of hydrogen-bond donors (Lipinski definition) is 1. The van der Waals surface area contributed by atoms with Crippen molar-refractivity contribution in [1.29, 1.82) is 0 Å². The number of phenolic OH excluding ortho intramolecular Hbond substituents is 1. The topological polar surface area (TPSA) is 37.3 Å². The van der Waals surface area contributed by atoms with Crippen LogP contribution in [0.1, 0.15) is 42.1 Å². The molecule has 0 saturated heterocycles. The van der Waals surface area contributed by atoms with Crippen LogP contribution in [0.4, 0.5) is 0 Å². The zero-order valence-electron chi connectivity index (χ0n) is 9.59. The molecule has 4 heteroatoms. The van der Waals surface area contributed by atoms with E-state index in [9.17, 15) is 9.90 Å². The van der Waals surface area contributed by atoms with Gasteiger partial charge in [0.05, 0.1) is 5.02 Å². The monoisotopic (exact) mass is 272 g/mol. The fraction of sp³-hybridized carbons (Fsp3) is 0.462. The van der Waals surface area contributed by atoms with Crippen molar-refractivity contribution in [2.75, 3.05) is 0 Å². The van der Waals surface area contributed by atoms with Crippen molar-refractivity contribution in [3.8, 4) is 5.75 Å². The standard InChI is InChI=1S/C13H14Cl2O2/c1-2-7-4-3-5-8-6-9(16)11(14)12(15)10(8)13(7)17/h6-7,16H,2-5H2,1H3. The number of benzene rings is 1. The minimum absolute atomic E-state index is 0.0226. The van der Waals surface area contributed by atoms with E-state index in [-0.39, 0.29) is 27.5 Å². The van der Waals surface area contributed by atoms with E-state index >= 15 is 0 Å². The van der Waals surface area contributed by atoms with E-state index in [0.717, 1.165) is 31.2 Å². The van der Waals surface area contributed by atoms with Gasteiger partial charge < -0.3 is 5.11 Å².